The van der Waals surface area contributed by atoms with Crippen molar-refractivity contribution >= 4 is 17.5 Å². The summed E-state index contributed by atoms with van der Waals surface area (Å²) in [5.74, 6) is 0.368. The zero-order valence-corrected chi connectivity index (χ0v) is 12.8. The summed E-state index contributed by atoms with van der Waals surface area (Å²) < 4.78 is 0. The lowest BCUT2D eigenvalue weighted by atomic mass is 9.76. The molecule has 1 aromatic rings. The van der Waals surface area contributed by atoms with Crippen molar-refractivity contribution in [3.63, 3.8) is 0 Å². The van der Waals surface area contributed by atoms with Crippen molar-refractivity contribution in [1.82, 2.24) is 5.32 Å². The third-order valence-corrected chi connectivity index (χ3v) is 4.61. The molecule has 0 aromatic heterocycles. The van der Waals surface area contributed by atoms with E-state index in [1.807, 2.05) is 13.0 Å². The van der Waals surface area contributed by atoms with Gasteiger partial charge in [0, 0.05) is 10.6 Å². The highest BCUT2D eigenvalue weighted by Gasteiger charge is 2.35. The Morgan fingerprint density at radius 2 is 2.30 bits per heavy atom. The molecule has 0 spiro atoms. The Kier molecular flexibility index (Phi) is 4.71. The lowest BCUT2D eigenvalue weighted by molar-refractivity contribution is 0.0697. The smallest absolute Gasteiger partial charge is 0.251 e. The van der Waals surface area contributed by atoms with Crippen molar-refractivity contribution in [3.8, 4) is 0 Å². The summed E-state index contributed by atoms with van der Waals surface area (Å²) in [6, 6.07) is 5.30. The summed E-state index contributed by atoms with van der Waals surface area (Å²) in [7, 11) is 0. The number of amides is 1. The minimum Gasteiger partial charge on any atom is -0.394 e. The highest BCUT2D eigenvalue weighted by atomic mass is 35.5. The molecule has 4 heteroatoms. The van der Waals surface area contributed by atoms with Gasteiger partial charge >= 0.3 is 0 Å². The summed E-state index contributed by atoms with van der Waals surface area (Å²) in [6.45, 7) is 4.06. The monoisotopic (exact) mass is 295 g/mol. The second kappa shape index (κ2) is 6.15. The molecular weight excluding hydrogens is 274 g/mol. The van der Waals surface area contributed by atoms with Gasteiger partial charge in [-0.1, -0.05) is 37.4 Å². The molecule has 3 nitrogen and oxygen atoms in total. The van der Waals surface area contributed by atoms with E-state index in [2.05, 4.69) is 12.2 Å². The van der Waals surface area contributed by atoms with E-state index >= 15 is 0 Å². The van der Waals surface area contributed by atoms with Gasteiger partial charge in [0.15, 0.2) is 0 Å². The predicted octanol–water partition coefficient (Wildman–Crippen LogP) is 3.32. The molecule has 110 valence electrons. The number of halogens is 1. The number of hydrogen-bond acceptors (Lipinski definition) is 2. The molecule has 20 heavy (non-hydrogen) atoms. The van der Waals surface area contributed by atoms with Gasteiger partial charge in [-0.25, -0.2) is 0 Å². The summed E-state index contributed by atoms with van der Waals surface area (Å²) in [4.78, 5) is 12.4. The SMILES string of the molecule is Cc1ccc(C(=O)NC2(CO)CCCC(C)C2)cc1Cl. The van der Waals surface area contributed by atoms with Crippen LogP contribution in [-0.4, -0.2) is 23.2 Å². The number of carbonyl (C=O) groups is 1. The molecule has 0 heterocycles. The van der Waals surface area contributed by atoms with Gasteiger partial charge in [-0.15, -0.1) is 0 Å². The molecule has 0 aliphatic heterocycles. The minimum absolute atomic E-state index is 0.0112. The molecule has 0 saturated heterocycles. The van der Waals surface area contributed by atoms with Crippen LogP contribution in [-0.2, 0) is 0 Å². The Balaban J connectivity index is 2.14. The van der Waals surface area contributed by atoms with E-state index < -0.39 is 5.54 Å². The van der Waals surface area contributed by atoms with E-state index in [4.69, 9.17) is 11.6 Å². The number of rotatable bonds is 3. The first-order valence-corrected chi connectivity index (χ1v) is 7.53. The molecular formula is C16H22ClNO2. The second-order valence-electron chi connectivity index (χ2n) is 6.06. The van der Waals surface area contributed by atoms with E-state index in [1.165, 1.54) is 0 Å². The molecule has 1 aliphatic rings. The van der Waals surface area contributed by atoms with E-state index in [0.717, 1.165) is 31.2 Å². The van der Waals surface area contributed by atoms with Crippen LogP contribution in [0.3, 0.4) is 0 Å². The third kappa shape index (κ3) is 3.33. The number of carbonyl (C=O) groups excluding carboxylic acids is 1. The summed E-state index contributed by atoms with van der Waals surface area (Å²) in [6.07, 6.45) is 3.86. The van der Waals surface area contributed by atoms with Crippen LogP contribution in [0.15, 0.2) is 18.2 Å². The highest BCUT2D eigenvalue weighted by Crippen LogP contribution is 2.32. The summed E-state index contributed by atoms with van der Waals surface area (Å²) in [5.41, 5.74) is 1.02. The van der Waals surface area contributed by atoms with Gasteiger partial charge in [-0.2, -0.15) is 0 Å². The average molecular weight is 296 g/mol. The van der Waals surface area contributed by atoms with Crippen LogP contribution in [0.4, 0.5) is 0 Å². The average Bonchev–Trinajstić information content (AvgIpc) is 2.41. The molecule has 2 atom stereocenters. The fraction of sp³-hybridized carbons (Fsp3) is 0.562. The van der Waals surface area contributed by atoms with Crippen LogP contribution < -0.4 is 5.32 Å². The molecule has 1 aromatic carbocycles. The Morgan fingerprint density at radius 3 is 2.90 bits per heavy atom. The normalized spacial score (nSPS) is 26.3. The first-order chi connectivity index (χ1) is 9.46. The van der Waals surface area contributed by atoms with Gasteiger partial charge in [-0.3, -0.25) is 4.79 Å². The van der Waals surface area contributed by atoms with Crippen molar-refractivity contribution in [2.24, 2.45) is 5.92 Å². The molecule has 0 bridgehead atoms. The van der Waals surface area contributed by atoms with Gasteiger partial charge in [-0.05, 0) is 43.4 Å². The fourth-order valence-corrected chi connectivity index (χ4v) is 3.18. The third-order valence-electron chi connectivity index (χ3n) is 4.21. The zero-order valence-electron chi connectivity index (χ0n) is 12.1. The first-order valence-electron chi connectivity index (χ1n) is 7.15. The fourth-order valence-electron chi connectivity index (χ4n) is 3.00. The number of nitrogens with one attached hydrogen (secondary N) is 1. The zero-order chi connectivity index (χ0) is 14.8. The largest absolute Gasteiger partial charge is 0.394 e. The van der Waals surface area contributed by atoms with Crippen LogP contribution in [0.5, 0.6) is 0 Å². The predicted molar refractivity (Wildman–Crippen MR) is 81.1 cm³/mol. The van der Waals surface area contributed by atoms with Crippen LogP contribution >= 0.6 is 11.6 Å². The first kappa shape index (κ1) is 15.3. The van der Waals surface area contributed by atoms with Gasteiger partial charge in [0.25, 0.3) is 5.91 Å². The number of benzene rings is 1. The van der Waals surface area contributed by atoms with Crippen LogP contribution in [0.25, 0.3) is 0 Å². The number of aliphatic hydroxyl groups excluding tert-OH is 1. The Labute approximate surface area is 125 Å². The lowest BCUT2D eigenvalue weighted by Crippen LogP contribution is -2.53. The topological polar surface area (TPSA) is 49.3 Å². The number of hydrogen-bond donors (Lipinski definition) is 2. The van der Waals surface area contributed by atoms with E-state index in [1.54, 1.807) is 12.1 Å². The van der Waals surface area contributed by atoms with Gasteiger partial charge < -0.3 is 10.4 Å². The molecule has 2 N–H and O–H groups in total. The molecule has 1 aliphatic carbocycles. The molecule has 2 rings (SSSR count). The van der Waals surface area contributed by atoms with Crippen LogP contribution in [0.1, 0.15) is 48.5 Å². The van der Waals surface area contributed by atoms with Gasteiger partial charge in [0.1, 0.15) is 0 Å². The molecule has 2 unspecified atom stereocenters. The lowest BCUT2D eigenvalue weighted by Gasteiger charge is -2.39. The highest BCUT2D eigenvalue weighted by molar-refractivity contribution is 6.31. The Hall–Kier alpha value is -1.06. The van der Waals surface area contributed by atoms with Crippen molar-refractivity contribution < 1.29 is 9.90 Å². The molecule has 1 fully saturated rings. The number of aliphatic hydroxyl groups is 1. The van der Waals surface area contributed by atoms with Crippen molar-refractivity contribution in [2.75, 3.05) is 6.61 Å². The maximum atomic E-state index is 12.4. The van der Waals surface area contributed by atoms with E-state index in [0.29, 0.717) is 16.5 Å². The maximum absolute atomic E-state index is 12.4. The van der Waals surface area contributed by atoms with E-state index in [-0.39, 0.29) is 12.5 Å². The van der Waals surface area contributed by atoms with Gasteiger partial charge in [0.05, 0.1) is 12.1 Å². The van der Waals surface area contributed by atoms with Crippen molar-refractivity contribution in [3.05, 3.63) is 34.3 Å². The molecule has 1 saturated carbocycles. The molecule has 0 radical (unpaired) electrons. The maximum Gasteiger partial charge on any atom is 0.251 e. The van der Waals surface area contributed by atoms with E-state index in [9.17, 15) is 9.90 Å². The quantitative estimate of drug-likeness (QED) is 0.899. The molecule has 1 amide bonds. The summed E-state index contributed by atoms with van der Waals surface area (Å²) in [5, 5.41) is 13.3. The summed E-state index contributed by atoms with van der Waals surface area (Å²) >= 11 is 6.06. The Morgan fingerprint density at radius 1 is 1.55 bits per heavy atom. The van der Waals surface area contributed by atoms with Crippen molar-refractivity contribution in [2.45, 2.75) is 45.1 Å². The van der Waals surface area contributed by atoms with Crippen molar-refractivity contribution in [1.29, 1.82) is 0 Å². The minimum atomic E-state index is -0.480. The second-order valence-corrected chi connectivity index (χ2v) is 6.47. The van der Waals surface area contributed by atoms with Crippen LogP contribution in [0, 0.1) is 12.8 Å². The standard InChI is InChI=1S/C16H22ClNO2/c1-11-4-3-7-16(9-11,10-19)18-15(20)13-6-5-12(2)14(17)8-13/h5-6,8,11,19H,3-4,7,9-10H2,1-2H3,(H,18,20). The Bertz CT molecular complexity index is 503. The number of aryl methyl sites for hydroxylation is 1. The van der Waals surface area contributed by atoms with Crippen LogP contribution in [0.2, 0.25) is 5.02 Å². The van der Waals surface area contributed by atoms with Gasteiger partial charge in [0.2, 0.25) is 0 Å².